The monoisotopic (exact) mass is 151 g/mol. The van der Waals surface area contributed by atoms with E-state index in [-0.39, 0.29) is 0 Å². The Bertz CT molecular complexity index is 286. The SMILES string of the molecule is Cc1noc(C2CC2)c1C=O. The first-order valence-corrected chi connectivity index (χ1v) is 3.74. The van der Waals surface area contributed by atoms with Crippen LogP contribution in [0.3, 0.4) is 0 Å². The van der Waals surface area contributed by atoms with E-state index in [0.29, 0.717) is 17.2 Å². The molecule has 1 aliphatic rings. The second-order valence-electron chi connectivity index (χ2n) is 2.94. The molecule has 0 atom stereocenters. The molecule has 0 radical (unpaired) electrons. The summed E-state index contributed by atoms with van der Waals surface area (Å²) in [6.07, 6.45) is 3.10. The number of hydrogen-bond donors (Lipinski definition) is 0. The van der Waals surface area contributed by atoms with Gasteiger partial charge in [-0.15, -0.1) is 0 Å². The van der Waals surface area contributed by atoms with Gasteiger partial charge in [-0.3, -0.25) is 4.79 Å². The highest BCUT2D eigenvalue weighted by Crippen LogP contribution is 2.41. The number of nitrogens with zero attached hydrogens (tertiary/aromatic N) is 1. The summed E-state index contributed by atoms with van der Waals surface area (Å²) in [5.41, 5.74) is 1.37. The summed E-state index contributed by atoms with van der Waals surface area (Å²) in [5, 5.41) is 3.74. The first-order chi connectivity index (χ1) is 5.33. The number of aryl methyl sites for hydroxylation is 1. The van der Waals surface area contributed by atoms with E-state index in [1.807, 2.05) is 0 Å². The summed E-state index contributed by atoms with van der Waals surface area (Å²) in [5.74, 6) is 1.26. The topological polar surface area (TPSA) is 43.1 Å². The van der Waals surface area contributed by atoms with E-state index >= 15 is 0 Å². The average Bonchev–Trinajstić information content (AvgIpc) is 2.76. The Morgan fingerprint density at radius 3 is 2.91 bits per heavy atom. The van der Waals surface area contributed by atoms with E-state index < -0.39 is 0 Å². The maximum atomic E-state index is 10.5. The van der Waals surface area contributed by atoms with Gasteiger partial charge in [0, 0.05) is 5.92 Å². The highest BCUT2D eigenvalue weighted by Gasteiger charge is 2.31. The molecule has 1 aliphatic carbocycles. The van der Waals surface area contributed by atoms with Crippen molar-refractivity contribution in [3.05, 3.63) is 17.0 Å². The summed E-state index contributed by atoms with van der Waals surface area (Å²) in [4.78, 5) is 10.5. The molecular formula is C8H9NO2. The molecule has 1 saturated carbocycles. The summed E-state index contributed by atoms with van der Waals surface area (Å²) < 4.78 is 5.03. The fourth-order valence-corrected chi connectivity index (χ4v) is 1.18. The van der Waals surface area contributed by atoms with E-state index in [2.05, 4.69) is 5.16 Å². The molecule has 2 rings (SSSR count). The molecule has 1 aromatic rings. The van der Waals surface area contributed by atoms with Gasteiger partial charge in [-0.1, -0.05) is 5.16 Å². The average molecular weight is 151 g/mol. The smallest absolute Gasteiger partial charge is 0.155 e. The van der Waals surface area contributed by atoms with Crippen molar-refractivity contribution in [1.29, 1.82) is 0 Å². The molecule has 0 spiro atoms. The Hall–Kier alpha value is -1.12. The summed E-state index contributed by atoms with van der Waals surface area (Å²) >= 11 is 0. The Balaban J connectivity index is 2.44. The number of aromatic nitrogens is 1. The molecular weight excluding hydrogens is 142 g/mol. The van der Waals surface area contributed by atoms with Crippen LogP contribution in [0.1, 0.15) is 40.6 Å². The molecule has 0 N–H and O–H groups in total. The highest BCUT2D eigenvalue weighted by molar-refractivity contribution is 5.78. The highest BCUT2D eigenvalue weighted by atomic mass is 16.5. The first kappa shape index (κ1) is 6.58. The van der Waals surface area contributed by atoms with Crippen molar-refractivity contribution in [3.8, 4) is 0 Å². The summed E-state index contributed by atoms with van der Waals surface area (Å²) in [6.45, 7) is 1.79. The van der Waals surface area contributed by atoms with E-state index in [9.17, 15) is 4.79 Å². The number of rotatable bonds is 2. The van der Waals surface area contributed by atoms with Gasteiger partial charge in [0.2, 0.25) is 0 Å². The predicted molar refractivity (Wildman–Crippen MR) is 38.6 cm³/mol. The Morgan fingerprint density at radius 1 is 1.64 bits per heavy atom. The second kappa shape index (κ2) is 2.19. The van der Waals surface area contributed by atoms with Gasteiger partial charge in [0.15, 0.2) is 12.0 Å². The fourth-order valence-electron chi connectivity index (χ4n) is 1.18. The second-order valence-corrected chi connectivity index (χ2v) is 2.94. The van der Waals surface area contributed by atoms with Gasteiger partial charge in [-0.2, -0.15) is 0 Å². The third-order valence-corrected chi connectivity index (χ3v) is 2.00. The van der Waals surface area contributed by atoms with E-state index in [0.717, 1.165) is 24.9 Å². The third kappa shape index (κ3) is 0.964. The van der Waals surface area contributed by atoms with E-state index in [1.165, 1.54) is 0 Å². The Kier molecular flexibility index (Phi) is 1.31. The molecule has 0 aromatic carbocycles. The van der Waals surface area contributed by atoms with Crippen molar-refractivity contribution in [2.45, 2.75) is 25.7 Å². The van der Waals surface area contributed by atoms with Crippen LogP contribution in [0.15, 0.2) is 4.52 Å². The van der Waals surface area contributed by atoms with Gasteiger partial charge in [0.05, 0.1) is 11.3 Å². The molecule has 58 valence electrons. The number of carbonyl (C=O) groups is 1. The zero-order valence-corrected chi connectivity index (χ0v) is 6.33. The fraction of sp³-hybridized carbons (Fsp3) is 0.500. The zero-order valence-electron chi connectivity index (χ0n) is 6.33. The minimum atomic E-state index is 0.469. The molecule has 0 bridgehead atoms. The van der Waals surface area contributed by atoms with Crippen molar-refractivity contribution in [2.75, 3.05) is 0 Å². The number of hydrogen-bond acceptors (Lipinski definition) is 3. The molecule has 1 heterocycles. The minimum Gasteiger partial charge on any atom is -0.360 e. The molecule has 0 unspecified atom stereocenters. The van der Waals surface area contributed by atoms with E-state index in [1.54, 1.807) is 6.92 Å². The molecule has 1 fully saturated rings. The zero-order chi connectivity index (χ0) is 7.84. The Labute approximate surface area is 64.4 Å². The van der Waals surface area contributed by atoms with Crippen LogP contribution in [0.4, 0.5) is 0 Å². The lowest BCUT2D eigenvalue weighted by Gasteiger charge is -1.87. The quantitative estimate of drug-likeness (QED) is 0.604. The van der Waals surface area contributed by atoms with E-state index in [4.69, 9.17) is 4.52 Å². The van der Waals surface area contributed by atoms with Crippen LogP contribution >= 0.6 is 0 Å². The summed E-state index contributed by atoms with van der Waals surface area (Å²) in [6, 6.07) is 0. The standard InChI is InChI=1S/C8H9NO2/c1-5-7(4-10)8(11-9-5)6-2-3-6/h4,6H,2-3H2,1H3. The largest absolute Gasteiger partial charge is 0.360 e. The normalized spacial score (nSPS) is 16.8. The maximum Gasteiger partial charge on any atom is 0.155 e. The van der Waals surface area contributed by atoms with Gasteiger partial charge < -0.3 is 4.52 Å². The lowest BCUT2D eigenvalue weighted by atomic mass is 10.1. The van der Waals surface area contributed by atoms with Gasteiger partial charge in [-0.25, -0.2) is 0 Å². The molecule has 0 amide bonds. The molecule has 3 heteroatoms. The maximum absolute atomic E-state index is 10.5. The van der Waals surface area contributed by atoms with Crippen LogP contribution in [-0.4, -0.2) is 11.4 Å². The summed E-state index contributed by atoms with van der Waals surface area (Å²) in [7, 11) is 0. The van der Waals surface area contributed by atoms with Crippen LogP contribution in [-0.2, 0) is 0 Å². The van der Waals surface area contributed by atoms with Crippen LogP contribution in [0.2, 0.25) is 0 Å². The molecule has 1 aromatic heterocycles. The molecule has 0 aliphatic heterocycles. The van der Waals surface area contributed by atoms with Crippen LogP contribution in [0.25, 0.3) is 0 Å². The lowest BCUT2D eigenvalue weighted by molar-refractivity contribution is 0.112. The van der Waals surface area contributed by atoms with Crippen LogP contribution in [0.5, 0.6) is 0 Å². The first-order valence-electron chi connectivity index (χ1n) is 3.74. The predicted octanol–water partition coefficient (Wildman–Crippen LogP) is 1.67. The van der Waals surface area contributed by atoms with Crippen molar-refractivity contribution in [1.82, 2.24) is 5.16 Å². The van der Waals surface area contributed by atoms with Gasteiger partial charge in [0.25, 0.3) is 0 Å². The van der Waals surface area contributed by atoms with Crippen molar-refractivity contribution >= 4 is 6.29 Å². The lowest BCUT2D eigenvalue weighted by Crippen LogP contribution is -1.85. The minimum absolute atomic E-state index is 0.469. The molecule has 11 heavy (non-hydrogen) atoms. The van der Waals surface area contributed by atoms with Gasteiger partial charge in [0.1, 0.15) is 0 Å². The van der Waals surface area contributed by atoms with Crippen LogP contribution in [0, 0.1) is 6.92 Å². The van der Waals surface area contributed by atoms with Gasteiger partial charge in [-0.05, 0) is 19.8 Å². The van der Waals surface area contributed by atoms with Crippen molar-refractivity contribution < 1.29 is 9.32 Å². The molecule has 0 saturated heterocycles. The Morgan fingerprint density at radius 2 is 2.36 bits per heavy atom. The number of carbonyl (C=O) groups excluding carboxylic acids is 1. The number of aldehydes is 1. The van der Waals surface area contributed by atoms with Crippen LogP contribution < -0.4 is 0 Å². The van der Waals surface area contributed by atoms with Gasteiger partial charge >= 0.3 is 0 Å². The molecule has 3 nitrogen and oxygen atoms in total. The van der Waals surface area contributed by atoms with Crippen molar-refractivity contribution in [2.24, 2.45) is 0 Å². The third-order valence-electron chi connectivity index (χ3n) is 2.00. The van der Waals surface area contributed by atoms with Crippen molar-refractivity contribution in [3.63, 3.8) is 0 Å².